The van der Waals surface area contributed by atoms with E-state index < -0.39 is 17.6 Å². The molecule has 0 aromatic heterocycles. The molecule has 1 amide bonds. The molecule has 6 heteroatoms. The van der Waals surface area contributed by atoms with Crippen molar-refractivity contribution in [3.63, 3.8) is 0 Å². The molecule has 0 radical (unpaired) electrons. The van der Waals surface area contributed by atoms with Gasteiger partial charge in [-0.3, -0.25) is 4.79 Å². The summed E-state index contributed by atoms with van der Waals surface area (Å²) in [5.41, 5.74) is 5.58. The molecule has 1 aromatic carbocycles. The zero-order valence-electron chi connectivity index (χ0n) is 10.9. The van der Waals surface area contributed by atoms with Gasteiger partial charge >= 0.3 is 0 Å². The lowest BCUT2D eigenvalue weighted by Crippen LogP contribution is -2.33. The van der Waals surface area contributed by atoms with Gasteiger partial charge in [-0.1, -0.05) is 25.6 Å². The summed E-state index contributed by atoms with van der Waals surface area (Å²) in [6.45, 7) is 1.92. The van der Waals surface area contributed by atoms with Crippen LogP contribution in [0, 0.1) is 11.7 Å². The highest BCUT2D eigenvalue weighted by Crippen LogP contribution is 2.22. The number of nitrogens with two attached hydrogens (primary N) is 1. The average Bonchev–Trinajstić information content (AvgIpc) is 2.38. The SMILES string of the molecule is CCCC(C(=O)Nc1cc(OC)ccc1F)C(N)=S. The minimum Gasteiger partial charge on any atom is -0.497 e. The van der Waals surface area contributed by atoms with Crippen LogP contribution in [0.5, 0.6) is 5.75 Å². The normalized spacial score (nSPS) is 11.7. The fourth-order valence-corrected chi connectivity index (χ4v) is 1.86. The largest absolute Gasteiger partial charge is 0.497 e. The van der Waals surface area contributed by atoms with Crippen molar-refractivity contribution in [3.8, 4) is 5.75 Å². The molecule has 19 heavy (non-hydrogen) atoms. The standard InChI is InChI=1S/C13H17FN2O2S/c1-3-4-9(12(15)19)13(17)16-11-7-8(18-2)5-6-10(11)14/h5-7,9H,3-4H2,1-2H3,(H2,15,19)(H,16,17). The quantitative estimate of drug-likeness (QED) is 0.788. The van der Waals surface area contributed by atoms with E-state index in [1.807, 2.05) is 6.92 Å². The zero-order valence-corrected chi connectivity index (χ0v) is 11.7. The van der Waals surface area contributed by atoms with E-state index in [-0.39, 0.29) is 10.7 Å². The molecule has 0 fully saturated rings. The molecule has 1 atom stereocenters. The number of hydrogen-bond donors (Lipinski definition) is 2. The minimum atomic E-state index is -0.592. The van der Waals surface area contributed by atoms with Crippen LogP contribution in [0.15, 0.2) is 18.2 Å². The van der Waals surface area contributed by atoms with E-state index >= 15 is 0 Å². The number of carbonyl (C=O) groups excluding carboxylic acids is 1. The number of amides is 1. The molecule has 104 valence electrons. The maximum Gasteiger partial charge on any atom is 0.234 e. The number of hydrogen-bond acceptors (Lipinski definition) is 3. The summed E-state index contributed by atoms with van der Waals surface area (Å²) in [4.78, 5) is 12.1. The van der Waals surface area contributed by atoms with E-state index in [2.05, 4.69) is 5.32 Å². The minimum absolute atomic E-state index is 0.0571. The fraction of sp³-hybridized carbons (Fsp3) is 0.385. The van der Waals surface area contributed by atoms with Crippen LogP contribution in [0.25, 0.3) is 0 Å². The predicted molar refractivity (Wildman–Crippen MR) is 76.8 cm³/mol. The van der Waals surface area contributed by atoms with Crippen LogP contribution in [-0.4, -0.2) is 18.0 Å². The van der Waals surface area contributed by atoms with Crippen LogP contribution in [0.3, 0.4) is 0 Å². The molecule has 3 N–H and O–H groups in total. The first-order chi connectivity index (χ1) is 8.99. The lowest BCUT2D eigenvalue weighted by atomic mass is 10.0. The Hall–Kier alpha value is -1.69. The Morgan fingerprint density at radius 3 is 2.79 bits per heavy atom. The topological polar surface area (TPSA) is 64.3 Å². The van der Waals surface area contributed by atoms with Gasteiger partial charge < -0.3 is 15.8 Å². The third-order valence-corrected chi connectivity index (χ3v) is 2.95. The van der Waals surface area contributed by atoms with Crippen LogP contribution in [0.4, 0.5) is 10.1 Å². The highest BCUT2D eigenvalue weighted by molar-refractivity contribution is 7.80. The molecule has 1 unspecified atom stereocenters. The smallest absolute Gasteiger partial charge is 0.234 e. The molecule has 0 bridgehead atoms. The van der Waals surface area contributed by atoms with Crippen molar-refractivity contribution in [3.05, 3.63) is 24.0 Å². The number of ether oxygens (including phenoxy) is 1. The molecule has 0 heterocycles. The van der Waals surface area contributed by atoms with Crippen LogP contribution in [-0.2, 0) is 4.79 Å². The van der Waals surface area contributed by atoms with Gasteiger partial charge in [0.05, 0.1) is 23.7 Å². The highest BCUT2D eigenvalue weighted by Gasteiger charge is 2.21. The van der Waals surface area contributed by atoms with Crippen molar-refractivity contribution in [2.24, 2.45) is 11.7 Å². The lowest BCUT2D eigenvalue weighted by Gasteiger charge is -2.15. The van der Waals surface area contributed by atoms with E-state index in [0.29, 0.717) is 12.2 Å². The third-order valence-electron chi connectivity index (χ3n) is 2.67. The second kappa shape index (κ2) is 7.04. The second-order valence-corrected chi connectivity index (χ2v) is 4.55. The van der Waals surface area contributed by atoms with E-state index in [4.69, 9.17) is 22.7 Å². The Kier molecular flexibility index (Phi) is 5.69. The van der Waals surface area contributed by atoms with E-state index in [1.54, 1.807) is 0 Å². The number of carbonyl (C=O) groups is 1. The number of methoxy groups -OCH3 is 1. The van der Waals surface area contributed by atoms with Gasteiger partial charge in [-0.25, -0.2) is 4.39 Å². The van der Waals surface area contributed by atoms with E-state index in [1.165, 1.54) is 25.3 Å². The molecule has 4 nitrogen and oxygen atoms in total. The van der Waals surface area contributed by atoms with Crippen molar-refractivity contribution >= 4 is 28.8 Å². The van der Waals surface area contributed by atoms with E-state index in [0.717, 1.165) is 6.42 Å². The second-order valence-electron chi connectivity index (χ2n) is 4.08. The summed E-state index contributed by atoms with van der Waals surface area (Å²) in [6.07, 6.45) is 1.29. The Bertz CT molecular complexity index is 480. The summed E-state index contributed by atoms with van der Waals surface area (Å²) in [7, 11) is 1.47. The predicted octanol–water partition coefficient (Wildman–Crippen LogP) is 2.48. The molecule has 0 aliphatic rings. The van der Waals surface area contributed by atoms with Gasteiger partial charge in [-0.2, -0.15) is 0 Å². The number of rotatable bonds is 6. The molecular weight excluding hydrogens is 267 g/mol. The zero-order chi connectivity index (χ0) is 14.4. The first-order valence-electron chi connectivity index (χ1n) is 5.93. The Labute approximate surface area is 117 Å². The third kappa shape index (κ3) is 4.17. The van der Waals surface area contributed by atoms with Crippen molar-refractivity contribution in [2.45, 2.75) is 19.8 Å². The first kappa shape index (κ1) is 15.4. The number of benzene rings is 1. The van der Waals surface area contributed by atoms with Gasteiger partial charge in [0.2, 0.25) is 5.91 Å². The number of halogens is 1. The Balaban J connectivity index is 2.88. The molecule has 1 aromatic rings. The Morgan fingerprint density at radius 1 is 1.58 bits per heavy atom. The monoisotopic (exact) mass is 284 g/mol. The van der Waals surface area contributed by atoms with Gasteiger partial charge in [0.15, 0.2) is 0 Å². The van der Waals surface area contributed by atoms with Crippen molar-refractivity contribution in [2.75, 3.05) is 12.4 Å². The number of nitrogens with one attached hydrogen (secondary N) is 1. The van der Waals surface area contributed by atoms with Crippen LogP contribution in [0.1, 0.15) is 19.8 Å². The van der Waals surface area contributed by atoms with Gasteiger partial charge in [0, 0.05) is 6.07 Å². The van der Waals surface area contributed by atoms with Gasteiger partial charge in [-0.15, -0.1) is 0 Å². The van der Waals surface area contributed by atoms with Crippen molar-refractivity contribution in [1.82, 2.24) is 0 Å². The summed E-state index contributed by atoms with van der Waals surface area (Å²) in [5.74, 6) is -1.07. The highest BCUT2D eigenvalue weighted by atomic mass is 32.1. The molecular formula is C13H17FN2O2S. The molecule has 0 aliphatic carbocycles. The van der Waals surface area contributed by atoms with Gasteiger partial charge in [0.25, 0.3) is 0 Å². The number of thiocarbonyl (C=S) groups is 1. The molecule has 0 saturated carbocycles. The Morgan fingerprint density at radius 2 is 2.26 bits per heavy atom. The van der Waals surface area contributed by atoms with Gasteiger partial charge in [-0.05, 0) is 18.6 Å². The summed E-state index contributed by atoms with van der Waals surface area (Å²) in [6, 6.07) is 4.11. The van der Waals surface area contributed by atoms with Crippen LogP contribution in [0.2, 0.25) is 0 Å². The molecule has 0 saturated heterocycles. The van der Waals surface area contributed by atoms with Crippen molar-refractivity contribution in [1.29, 1.82) is 0 Å². The van der Waals surface area contributed by atoms with E-state index in [9.17, 15) is 9.18 Å². The van der Waals surface area contributed by atoms with Gasteiger partial charge in [0.1, 0.15) is 11.6 Å². The molecule has 1 rings (SSSR count). The maximum atomic E-state index is 13.6. The van der Waals surface area contributed by atoms with Crippen LogP contribution >= 0.6 is 12.2 Å². The average molecular weight is 284 g/mol. The van der Waals surface area contributed by atoms with Crippen LogP contribution < -0.4 is 15.8 Å². The lowest BCUT2D eigenvalue weighted by molar-refractivity contribution is -0.118. The molecule has 0 spiro atoms. The fourth-order valence-electron chi connectivity index (χ4n) is 1.64. The molecule has 0 aliphatic heterocycles. The maximum absolute atomic E-state index is 13.6. The number of anilines is 1. The first-order valence-corrected chi connectivity index (χ1v) is 6.34. The summed E-state index contributed by atoms with van der Waals surface area (Å²) < 4.78 is 18.6. The van der Waals surface area contributed by atoms with Crippen molar-refractivity contribution < 1.29 is 13.9 Å². The summed E-state index contributed by atoms with van der Waals surface area (Å²) >= 11 is 4.85. The summed E-state index contributed by atoms with van der Waals surface area (Å²) in [5, 5.41) is 2.49.